The maximum Gasteiger partial charge on any atom is 0.435 e. The molecule has 1 heterocycles. The highest BCUT2D eigenvalue weighted by molar-refractivity contribution is 7.95. The van der Waals surface area contributed by atoms with E-state index in [1.54, 1.807) is 18.2 Å². The number of hydrogen-bond acceptors (Lipinski definition) is 4. The van der Waals surface area contributed by atoms with Crippen molar-refractivity contribution in [3.05, 3.63) is 58.1 Å². The lowest BCUT2D eigenvalue weighted by molar-refractivity contribution is -0.140. The normalized spacial score (nSPS) is 12.4. The van der Waals surface area contributed by atoms with Crippen LogP contribution in [0.5, 0.6) is 5.88 Å². The van der Waals surface area contributed by atoms with E-state index in [1.165, 1.54) is 12.1 Å². The molecule has 0 spiro atoms. The van der Waals surface area contributed by atoms with Crippen LogP contribution in [0.15, 0.2) is 41.8 Å². The predicted octanol–water partition coefficient (Wildman–Crippen LogP) is 4.18. The number of methoxy groups -OCH3 is 1. The molecule has 0 saturated carbocycles. The number of hydrogen-bond donors (Lipinski definition) is 1. The van der Waals surface area contributed by atoms with Crippen molar-refractivity contribution in [1.29, 1.82) is 0 Å². The van der Waals surface area contributed by atoms with Gasteiger partial charge < -0.3 is 4.74 Å². The van der Waals surface area contributed by atoms with E-state index in [-0.39, 0.29) is 5.88 Å². The molecule has 1 N–H and O–H groups in total. The average molecular weight is 393 g/mol. The topological polar surface area (TPSA) is 68.3 Å². The van der Waals surface area contributed by atoms with E-state index >= 15 is 0 Å². The lowest BCUT2D eigenvalue weighted by Gasteiger charge is -2.13. The molecule has 0 aliphatic heterocycles. The van der Waals surface area contributed by atoms with Gasteiger partial charge in [0.05, 0.1) is 18.2 Å². The minimum atomic E-state index is -4.86. The van der Waals surface area contributed by atoms with E-state index in [4.69, 9.17) is 11.6 Å². The Hall–Kier alpha value is -2.26. The van der Waals surface area contributed by atoms with Gasteiger partial charge >= 0.3 is 6.18 Å². The predicted molar refractivity (Wildman–Crippen MR) is 88.8 cm³/mol. The van der Waals surface area contributed by atoms with Crippen LogP contribution in [0.25, 0.3) is 6.08 Å². The molecule has 1 aromatic heterocycles. The largest absolute Gasteiger partial charge is 0.481 e. The average Bonchev–Trinajstić information content (AvgIpc) is 2.52. The van der Waals surface area contributed by atoms with Crippen LogP contribution < -0.4 is 9.46 Å². The molecular formula is C15H12ClF3N2O3S. The first-order chi connectivity index (χ1) is 11.6. The molecular weight excluding hydrogens is 381 g/mol. The number of pyridine rings is 1. The van der Waals surface area contributed by atoms with E-state index < -0.39 is 27.6 Å². The summed E-state index contributed by atoms with van der Waals surface area (Å²) >= 11 is 5.78. The Morgan fingerprint density at radius 3 is 2.56 bits per heavy atom. The van der Waals surface area contributed by atoms with E-state index in [0.29, 0.717) is 10.6 Å². The maximum atomic E-state index is 13.0. The summed E-state index contributed by atoms with van der Waals surface area (Å²) in [5.74, 6) is -0.287. The molecule has 0 radical (unpaired) electrons. The second kappa shape index (κ2) is 7.32. The molecule has 0 atom stereocenters. The Bertz CT molecular complexity index is 899. The zero-order chi connectivity index (χ0) is 18.7. The van der Waals surface area contributed by atoms with E-state index in [9.17, 15) is 21.6 Å². The molecule has 2 rings (SSSR count). The van der Waals surface area contributed by atoms with Gasteiger partial charge in [-0.1, -0.05) is 23.7 Å². The van der Waals surface area contributed by atoms with Gasteiger partial charge in [-0.05, 0) is 29.8 Å². The van der Waals surface area contributed by atoms with Crippen LogP contribution in [-0.4, -0.2) is 20.5 Å². The Labute approximate surface area is 147 Å². The van der Waals surface area contributed by atoms with Gasteiger partial charge in [0.1, 0.15) is 0 Å². The third kappa shape index (κ3) is 5.36. The molecule has 5 nitrogen and oxygen atoms in total. The van der Waals surface area contributed by atoms with Crippen molar-refractivity contribution in [2.45, 2.75) is 6.18 Å². The van der Waals surface area contributed by atoms with Gasteiger partial charge in [0, 0.05) is 11.1 Å². The molecule has 0 aliphatic rings. The zero-order valence-electron chi connectivity index (χ0n) is 12.7. The summed E-state index contributed by atoms with van der Waals surface area (Å²) in [5.41, 5.74) is -1.63. The quantitative estimate of drug-likeness (QED) is 0.829. The molecule has 10 heteroatoms. The van der Waals surface area contributed by atoms with Gasteiger partial charge in [0.2, 0.25) is 5.88 Å². The molecule has 25 heavy (non-hydrogen) atoms. The van der Waals surface area contributed by atoms with Gasteiger partial charge in [-0.3, -0.25) is 4.72 Å². The highest BCUT2D eigenvalue weighted by atomic mass is 35.5. The Morgan fingerprint density at radius 2 is 1.96 bits per heavy atom. The van der Waals surface area contributed by atoms with Crippen LogP contribution in [0.3, 0.4) is 0 Å². The van der Waals surface area contributed by atoms with Crippen molar-refractivity contribution in [2.24, 2.45) is 0 Å². The number of sulfonamides is 1. The minimum absolute atomic E-state index is 0.287. The summed E-state index contributed by atoms with van der Waals surface area (Å²) in [5, 5.41) is 1.13. The van der Waals surface area contributed by atoms with Crippen LogP contribution in [0.4, 0.5) is 18.9 Å². The first-order valence-electron chi connectivity index (χ1n) is 6.69. The molecule has 0 unspecified atom stereocenters. The summed E-state index contributed by atoms with van der Waals surface area (Å²) < 4.78 is 69.7. The first-order valence-corrected chi connectivity index (χ1v) is 8.62. The van der Waals surface area contributed by atoms with Crippen molar-refractivity contribution in [1.82, 2.24) is 4.98 Å². The molecule has 134 valence electrons. The summed E-state index contributed by atoms with van der Waals surface area (Å²) in [6.45, 7) is 0. The van der Waals surface area contributed by atoms with Crippen LogP contribution >= 0.6 is 11.6 Å². The summed E-state index contributed by atoms with van der Waals surface area (Å²) in [7, 11) is -3.05. The van der Waals surface area contributed by atoms with Gasteiger partial charge in [0.15, 0.2) is 5.69 Å². The van der Waals surface area contributed by atoms with Crippen molar-refractivity contribution < 1.29 is 26.3 Å². The van der Waals surface area contributed by atoms with Crippen molar-refractivity contribution >= 4 is 33.4 Å². The highest BCUT2D eigenvalue weighted by Gasteiger charge is 2.37. The van der Waals surface area contributed by atoms with Gasteiger partial charge in [-0.25, -0.2) is 13.4 Å². The van der Waals surface area contributed by atoms with Crippen LogP contribution in [0.2, 0.25) is 5.02 Å². The SMILES string of the molecule is COc1ccc(NS(=O)(=O)/C=C/c2cccc(Cl)c2)c(C(F)(F)F)n1. The number of alkyl halides is 3. The number of benzene rings is 1. The molecule has 2 aromatic rings. The standard InChI is InChI=1S/C15H12ClF3N2O3S/c1-24-13-6-5-12(14(20-13)15(17,18)19)21-25(22,23)8-7-10-3-2-4-11(16)9-10/h2-9,21H,1H3/b8-7+. The lowest BCUT2D eigenvalue weighted by atomic mass is 10.2. The summed E-state index contributed by atoms with van der Waals surface area (Å²) in [6.07, 6.45) is -3.65. The first kappa shape index (κ1) is 19.1. The fourth-order valence-corrected chi connectivity index (χ4v) is 2.89. The van der Waals surface area contributed by atoms with Gasteiger partial charge in [0.25, 0.3) is 10.0 Å². The van der Waals surface area contributed by atoms with Gasteiger partial charge in [-0.15, -0.1) is 0 Å². The minimum Gasteiger partial charge on any atom is -0.481 e. The smallest absolute Gasteiger partial charge is 0.435 e. The third-order valence-electron chi connectivity index (χ3n) is 2.89. The summed E-state index contributed by atoms with van der Waals surface area (Å²) in [6, 6.07) is 8.35. The molecule has 0 fully saturated rings. The number of nitrogens with one attached hydrogen (secondary N) is 1. The van der Waals surface area contributed by atoms with E-state index in [0.717, 1.165) is 24.7 Å². The van der Waals surface area contributed by atoms with Gasteiger partial charge in [-0.2, -0.15) is 13.2 Å². The number of halogens is 4. The van der Waals surface area contributed by atoms with Crippen LogP contribution in [0.1, 0.15) is 11.3 Å². The molecule has 0 aliphatic carbocycles. The van der Waals surface area contributed by atoms with Crippen LogP contribution in [-0.2, 0) is 16.2 Å². The Balaban J connectivity index is 2.31. The number of rotatable bonds is 5. The van der Waals surface area contributed by atoms with Crippen LogP contribution in [0, 0.1) is 0 Å². The Kier molecular flexibility index (Phi) is 5.58. The second-order valence-corrected chi connectivity index (χ2v) is 6.76. The molecule has 1 aromatic carbocycles. The monoisotopic (exact) mass is 392 g/mol. The molecule has 0 amide bonds. The highest BCUT2D eigenvalue weighted by Crippen LogP contribution is 2.35. The molecule has 0 saturated heterocycles. The van der Waals surface area contributed by atoms with E-state index in [2.05, 4.69) is 9.72 Å². The van der Waals surface area contributed by atoms with Crippen molar-refractivity contribution in [3.8, 4) is 5.88 Å². The maximum absolute atomic E-state index is 13.0. The second-order valence-electron chi connectivity index (χ2n) is 4.75. The van der Waals surface area contributed by atoms with Crippen molar-refractivity contribution in [2.75, 3.05) is 11.8 Å². The number of aromatic nitrogens is 1. The number of ether oxygens (including phenoxy) is 1. The fraction of sp³-hybridized carbons (Fsp3) is 0.133. The van der Waals surface area contributed by atoms with E-state index in [1.807, 2.05) is 4.72 Å². The summed E-state index contributed by atoms with van der Waals surface area (Å²) in [4.78, 5) is 3.26. The van der Waals surface area contributed by atoms with Crippen molar-refractivity contribution in [3.63, 3.8) is 0 Å². The number of anilines is 1. The number of nitrogens with zero attached hydrogens (tertiary/aromatic N) is 1. The fourth-order valence-electron chi connectivity index (χ4n) is 1.82. The third-order valence-corrected chi connectivity index (χ3v) is 4.12. The Morgan fingerprint density at radius 1 is 1.24 bits per heavy atom. The molecule has 0 bridgehead atoms. The lowest BCUT2D eigenvalue weighted by Crippen LogP contribution is -2.17. The zero-order valence-corrected chi connectivity index (χ0v) is 14.3.